The van der Waals surface area contributed by atoms with E-state index in [9.17, 15) is 0 Å². The van der Waals surface area contributed by atoms with Crippen LogP contribution in [0, 0.1) is 0 Å². The van der Waals surface area contributed by atoms with Gasteiger partial charge in [0.2, 0.25) is 0 Å². The average Bonchev–Trinajstić information content (AvgIpc) is 3.06. The van der Waals surface area contributed by atoms with Gasteiger partial charge in [-0.3, -0.25) is 0 Å². The quantitative estimate of drug-likeness (QED) is 0.620. The Morgan fingerprint density at radius 1 is 1.32 bits per heavy atom. The number of allylic oxidation sites excluding steroid dienone is 1. The van der Waals surface area contributed by atoms with Crippen LogP contribution in [0.1, 0.15) is 12.5 Å². The highest BCUT2D eigenvalue weighted by molar-refractivity contribution is 6.15. The second-order valence-corrected chi connectivity index (χ2v) is 4.98. The predicted octanol–water partition coefficient (Wildman–Crippen LogP) is 5.17. The van der Waals surface area contributed by atoms with Crippen molar-refractivity contribution in [2.24, 2.45) is 0 Å². The van der Waals surface area contributed by atoms with Crippen molar-refractivity contribution < 1.29 is 4.74 Å². The molecule has 2 nitrogen and oxygen atoms in total. The highest BCUT2D eigenvalue weighted by Gasteiger charge is 2.16. The van der Waals surface area contributed by atoms with Crippen LogP contribution in [0.15, 0.2) is 54.6 Å². The minimum absolute atomic E-state index is 0.558. The maximum absolute atomic E-state index is 6.01. The van der Waals surface area contributed by atoms with E-state index >= 15 is 0 Å². The van der Waals surface area contributed by atoms with E-state index in [1.165, 1.54) is 28.4 Å². The molecule has 0 atom stereocenters. The number of halogens is 1. The van der Waals surface area contributed by atoms with Crippen molar-refractivity contribution in [2.45, 2.75) is 13.3 Å². The molecule has 22 heavy (non-hydrogen) atoms. The Morgan fingerprint density at radius 2 is 2.05 bits per heavy atom. The molecule has 0 saturated heterocycles. The molecule has 3 heteroatoms. The zero-order valence-electron chi connectivity index (χ0n) is 13.2. The molecule has 0 radical (unpaired) electrons. The van der Waals surface area contributed by atoms with Crippen LogP contribution in [0.4, 0.5) is 5.69 Å². The Labute approximate surface area is 137 Å². The summed E-state index contributed by atoms with van der Waals surface area (Å²) in [5.74, 6) is 0.940. The van der Waals surface area contributed by atoms with Gasteiger partial charge in [-0.15, -0.1) is 11.6 Å². The van der Waals surface area contributed by atoms with Gasteiger partial charge >= 0.3 is 0 Å². The van der Waals surface area contributed by atoms with Gasteiger partial charge in [-0.05, 0) is 29.9 Å². The van der Waals surface area contributed by atoms with E-state index in [2.05, 4.69) is 53.8 Å². The topological polar surface area (TPSA) is 21.3 Å². The predicted molar refractivity (Wildman–Crippen MR) is 97.4 cm³/mol. The smallest absolute Gasteiger partial charge is 0.129 e. The minimum atomic E-state index is 0.558. The lowest BCUT2D eigenvalue weighted by molar-refractivity contribution is 0.360. The standard InChI is InChI=1S/C18H19NO.CH3Cl/c1-3-13(4-2)12-20-18-11-17-15(9-10-19-17)14-7-5-6-8-16(14)18;1-2/h3-8,11,19H,1,9-10,12H2,2H3;1H3/b13-4+;. The van der Waals surface area contributed by atoms with Gasteiger partial charge in [-0.25, -0.2) is 0 Å². The van der Waals surface area contributed by atoms with Gasteiger partial charge < -0.3 is 10.1 Å². The van der Waals surface area contributed by atoms with Crippen molar-refractivity contribution in [2.75, 3.05) is 24.9 Å². The minimum Gasteiger partial charge on any atom is -0.488 e. The summed E-state index contributed by atoms with van der Waals surface area (Å²) in [6, 6.07) is 10.6. The maximum Gasteiger partial charge on any atom is 0.129 e. The van der Waals surface area contributed by atoms with E-state index in [1.807, 2.05) is 19.1 Å². The number of hydrogen-bond acceptors (Lipinski definition) is 2. The number of fused-ring (bicyclic) bond motifs is 3. The van der Waals surface area contributed by atoms with E-state index in [0.717, 1.165) is 24.3 Å². The van der Waals surface area contributed by atoms with E-state index in [4.69, 9.17) is 4.74 Å². The van der Waals surface area contributed by atoms with E-state index < -0.39 is 0 Å². The van der Waals surface area contributed by atoms with Crippen LogP contribution in [0.25, 0.3) is 10.8 Å². The van der Waals surface area contributed by atoms with Crippen LogP contribution >= 0.6 is 11.6 Å². The fourth-order valence-corrected chi connectivity index (χ4v) is 2.69. The third kappa shape index (κ3) is 3.28. The zero-order chi connectivity index (χ0) is 15.9. The molecular formula is C19H22ClNO. The highest BCUT2D eigenvalue weighted by atomic mass is 35.5. The van der Waals surface area contributed by atoms with Crippen LogP contribution in [0.2, 0.25) is 0 Å². The van der Waals surface area contributed by atoms with Crippen LogP contribution in [0.5, 0.6) is 5.75 Å². The first-order valence-electron chi connectivity index (χ1n) is 7.40. The third-order valence-electron chi connectivity index (χ3n) is 3.84. The number of benzene rings is 2. The first-order chi connectivity index (χ1) is 10.8. The largest absolute Gasteiger partial charge is 0.488 e. The maximum atomic E-state index is 6.01. The monoisotopic (exact) mass is 315 g/mol. The Morgan fingerprint density at radius 3 is 2.73 bits per heavy atom. The van der Waals surface area contributed by atoms with Gasteiger partial charge in [0.1, 0.15) is 12.4 Å². The Bertz CT molecular complexity index is 691. The van der Waals surface area contributed by atoms with E-state index in [-0.39, 0.29) is 0 Å². The van der Waals surface area contributed by atoms with Crippen molar-refractivity contribution >= 4 is 28.1 Å². The highest BCUT2D eigenvalue weighted by Crippen LogP contribution is 2.37. The lowest BCUT2D eigenvalue weighted by Gasteiger charge is -2.13. The van der Waals surface area contributed by atoms with Gasteiger partial charge in [0.25, 0.3) is 0 Å². The van der Waals surface area contributed by atoms with E-state index in [1.54, 1.807) is 0 Å². The molecule has 2 aromatic rings. The van der Waals surface area contributed by atoms with Crippen LogP contribution < -0.4 is 10.1 Å². The van der Waals surface area contributed by atoms with Gasteiger partial charge in [0.05, 0.1) is 0 Å². The average molecular weight is 316 g/mol. The molecule has 1 aliphatic rings. The van der Waals surface area contributed by atoms with Crippen LogP contribution in [-0.4, -0.2) is 19.5 Å². The Kier molecular flexibility index (Phi) is 5.91. The summed E-state index contributed by atoms with van der Waals surface area (Å²) in [4.78, 5) is 0. The SMILES string of the molecule is C=C/C(=C\C)COc1cc2c(c3ccccc13)CCN2.CCl. The number of nitrogens with one attached hydrogen (secondary N) is 1. The van der Waals surface area contributed by atoms with Crippen molar-refractivity contribution in [3.8, 4) is 5.75 Å². The number of anilines is 1. The number of rotatable bonds is 4. The first kappa shape index (κ1) is 16.4. The number of hydrogen-bond donors (Lipinski definition) is 1. The molecule has 0 saturated carbocycles. The molecule has 1 aliphatic heterocycles. The summed E-state index contributed by atoms with van der Waals surface area (Å²) in [5.41, 5.74) is 3.71. The Balaban J connectivity index is 0.000000847. The molecule has 0 unspecified atom stereocenters. The lowest BCUT2D eigenvalue weighted by atomic mass is 10.0. The van der Waals surface area contributed by atoms with Crippen LogP contribution in [0.3, 0.4) is 0 Å². The van der Waals surface area contributed by atoms with Gasteiger partial charge in [0, 0.05) is 30.1 Å². The summed E-state index contributed by atoms with van der Waals surface area (Å²) in [5, 5.41) is 5.92. The lowest BCUT2D eigenvalue weighted by Crippen LogP contribution is -2.00. The molecule has 0 fully saturated rings. The first-order valence-corrected chi connectivity index (χ1v) is 8.16. The zero-order valence-corrected chi connectivity index (χ0v) is 13.9. The second-order valence-electron chi connectivity index (χ2n) is 4.98. The van der Waals surface area contributed by atoms with Gasteiger partial charge in [0.15, 0.2) is 0 Å². The molecular weight excluding hydrogens is 294 g/mol. The fraction of sp³-hybridized carbons (Fsp3) is 0.263. The molecule has 0 spiro atoms. The molecule has 116 valence electrons. The number of alkyl halides is 1. The molecule has 0 amide bonds. The van der Waals surface area contributed by atoms with E-state index in [0.29, 0.717) is 6.61 Å². The fourth-order valence-electron chi connectivity index (χ4n) is 2.69. The van der Waals surface area contributed by atoms with Gasteiger partial charge in [-0.1, -0.05) is 43.0 Å². The molecule has 0 aliphatic carbocycles. The molecule has 3 rings (SSSR count). The molecule has 0 bridgehead atoms. The number of ether oxygens (including phenoxy) is 1. The summed E-state index contributed by atoms with van der Waals surface area (Å²) >= 11 is 4.64. The molecule has 0 aromatic heterocycles. The van der Waals surface area contributed by atoms with Crippen molar-refractivity contribution in [3.05, 3.63) is 60.2 Å². The third-order valence-corrected chi connectivity index (χ3v) is 3.84. The molecule has 1 heterocycles. The molecule has 1 N–H and O–H groups in total. The van der Waals surface area contributed by atoms with Crippen LogP contribution in [-0.2, 0) is 6.42 Å². The summed E-state index contributed by atoms with van der Waals surface area (Å²) in [6.45, 7) is 7.37. The van der Waals surface area contributed by atoms with Crippen molar-refractivity contribution in [1.29, 1.82) is 0 Å². The molecule has 2 aromatic carbocycles. The van der Waals surface area contributed by atoms with Crippen molar-refractivity contribution in [1.82, 2.24) is 0 Å². The van der Waals surface area contributed by atoms with Gasteiger partial charge in [-0.2, -0.15) is 0 Å². The Hall–Kier alpha value is -1.93. The van der Waals surface area contributed by atoms with Crippen molar-refractivity contribution in [3.63, 3.8) is 0 Å². The summed E-state index contributed by atoms with van der Waals surface area (Å²) in [7, 11) is 0. The summed E-state index contributed by atoms with van der Waals surface area (Å²) < 4.78 is 6.01. The second kappa shape index (κ2) is 7.90. The summed E-state index contributed by atoms with van der Waals surface area (Å²) in [6.07, 6.45) is 6.43. The normalized spacial score (nSPS) is 13.0.